The number of ether oxygens (including phenoxy) is 1. The number of amides is 1. The molecule has 3 N–H and O–H groups in total. The maximum Gasteiger partial charge on any atom is 0.442 e. The normalized spacial score (nSPS) is 15.7. The van der Waals surface area contributed by atoms with Gasteiger partial charge in [0.15, 0.2) is 0 Å². The van der Waals surface area contributed by atoms with E-state index >= 15 is 0 Å². The van der Waals surface area contributed by atoms with Crippen LogP contribution in [0.1, 0.15) is 26.7 Å². The Labute approximate surface area is 202 Å². The minimum atomic E-state index is -2.88. The van der Waals surface area contributed by atoms with Gasteiger partial charge < -0.3 is 20.5 Å². The van der Waals surface area contributed by atoms with Crippen LogP contribution in [-0.4, -0.2) is 49.9 Å². The van der Waals surface area contributed by atoms with Crippen LogP contribution in [0.2, 0.25) is 0 Å². The van der Waals surface area contributed by atoms with Gasteiger partial charge in [-0.05, 0) is 62.4 Å². The third-order valence-corrected chi connectivity index (χ3v) is 8.78. The van der Waals surface area contributed by atoms with Gasteiger partial charge in [-0.25, -0.2) is 14.0 Å². The second-order valence-electron chi connectivity index (χ2n) is 7.87. The van der Waals surface area contributed by atoms with Crippen molar-refractivity contribution in [1.29, 1.82) is 0 Å². The predicted molar refractivity (Wildman–Crippen MR) is 134 cm³/mol. The second-order valence-corrected chi connectivity index (χ2v) is 11.3. The minimum absolute atomic E-state index is 0.0325. The molecule has 0 aliphatic heterocycles. The summed E-state index contributed by atoms with van der Waals surface area (Å²) >= 11 is 1.58. The van der Waals surface area contributed by atoms with E-state index in [-0.39, 0.29) is 24.5 Å². The molecule has 2 aromatic heterocycles. The topological polar surface area (TPSA) is 126 Å². The molecular weight excluding hydrogens is 474 g/mol. The number of hydrogen-bond donors (Lipinski definition) is 3. The van der Waals surface area contributed by atoms with Crippen LogP contribution in [-0.2, 0) is 14.5 Å². The van der Waals surface area contributed by atoms with Crippen LogP contribution in [0, 0.1) is 0 Å². The Morgan fingerprint density at radius 1 is 1.32 bits per heavy atom. The zero-order chi connectivity index (χ0) is 24.1. The van der Waals surface area contributed by atoms with Crippen LogP contribution in [0.25, 0.3) is 10.4 Å². The SMILES string of the molecule is CCOC(=O)N=[S@](=O)(c1ccc(Nc2ncc(-c3cccs3)c(N[C@H](C)CO)n2)cc1)C1CC1. The molecule has 0 bridgehead atoms. The van der Waals surface area contributed by atoms with Crippen molar-refractivity contribution in [2.75, 3.05) is 23.8 Å². The third-order valence-electron chi connectivity index (χ3n) is 5.13. The Bertz CT molecular complexity index is 1250. The molecule has 2 heterocycles. The summed E-state index contributed by atoms with van der Waals surface area (Å²) in [6.07, 6.45) is 2.49. The molecule has 180 valence electrons. The average molecular weight is 502 g/mol. The van der Waals surface area contributed by atoms with Crippen molar-refractivity contribution in [3.63, 3.8) is 0 Å². The van der Waals surface area contributed by atoms with E-state index < -0.39 is 15.8 Å². The first kappa shape index (κ1) is 24.1. The third kappa shape index (κ3) is 5.54. The number of hydrogen-bond acceptors (Lipinski definition) is 9. The van der Waals surface area contributed by atoms with E-state index in [0.29, 0.717) is 22.3 Å². The van der Waals surface area contributed by atoms with E-state index in [2.05, 4.69) is 25.0 Å². The molecule has 0 unspecified atom stereocenters. The summed E-state index contributed by atoms with van der Waals surface area (Å²) < 4.78 is 22.3. The summed E-state index contributed by atoms with van der Waals surface area (Å²) in [6, 6.07) is 10.7. The van der Waals surface area contributed by atoms with E-state index in [1.807, 2.05) is 24.4 Å². The summed E-state index contributed by atoms with van der Waals surface area (Å²) in [4.78, 5) is 22.5. The Kier molecular flexibility index (Phi) is 7.44. The number of carbonyl (C=O) groups excluding carboxylic acids is 1. The molecule has 0 saturated heterocycles. The largest absolute Gasteiger partial charge is 0.448 e. The van der Waals surface area contributed by atoms with Crippen LogP contribution >= 0.6 is 11.3 Å². The van der Waals surface area contributed by atoms with Crippen molar-refractivity contribution in [3.05, 3.63) is 48.0 Å². The van der Waals surface area contributed by atoms with Crippen LogP contribution < -0.4 is 10.6 Å². The summed E-state index contributed by atoms with van der Waals surface area (Å²) in [5, 5.41) is 17.7. The van der Waals surface area contributed by atoms with Gasteiger partial charge in [0, 0.05) is 32.9 Å². The van der Waals surface area contributed by atoms with Gasteiger partial charge >= 0.3 is 6.09 Å². The molecule has 1 aromatic carbocycles. The fraction of sp³-hybridized carbons (Fsp3) is 0.348. The number of anilines is 3. The lowest BCUT2D eigenvalue weighted by molar-refractivity contribution is 0.164. The number of rotatable bonds is 9. The van der Waals surface area contributed by atoms with Crippen molar-refractivity contribution in [3.8, 4) is 10.4 Å². The Morgan fingerprint density at radius 3 is 2.71 bits per heavy atom. The van der Waals surface area contributed by atoms with E-state index in [9.17, 15) is 14.1 Å². The van der Waals surface area contributed by atoms with Gasteiger partial charge in [0.25, 0.3) is 0 Å². The molecular formula is C23H27N5O4S2. The van der Waals surface area contributed by atoms with Crippen molar-refractivity contribution in [2.24, 2.45) is 4.36 Å². The highest BCUT2D eigenvalue weighted by atomic mass is 32.2. The molecule has 34 heavy (non-hydrogen) atoms. The maximum absolute atomic E-state index is 13.5. The highest BCUT2D eigenvalue weighted by Gasteiger charge is 2.36. The average Bonchev–Trinajstić information content (AvgIpc) is 3.55. The minimum Gasteiger partial charge on any atom is -0.448 e. The van der Waals surface area contributed by atoms with Gasteiger partial charge in [-0.2, -0.15) is 4.98 Å². The van der Waals surface area contributed by atoms with E-state index in [0.717, 1.165) is 23.3 Å². The lowest BCUT2D eigenvalue weighted by Gasteiger charge is -2.16. The molecule has 1 aliphatic carbocycles. The number of aromatic nitrogens is 2. The van der Waals surface area contributed by atoms with Gasteiger partial charge in [-0.1, -0.05) is 6.07 Å². The quantitative estimate of drug-likeness (QED) is 0.378. The monoisotopic (exact) mass is 501 g/mol. The lowest BCUT2D eigenvalue weighted by atomic mass is 10.2. The maximum atomic E-state index is 13.5. The Hall–Kier alpha value is -3.02. The molecule has 4 rings (SSSR count). The Morgan fingerprint density at radius 2 is 2.09 bits per heavy atom. The second kappa shape index (κ2) is 10.5. The fourth-order valence-corrected chi connectivity index (χ4v) is 6.23. The van der Waals surface area contributed by atoms with Gasteiger partial charge in [-0.15, -0.1) is 15.7 Å². The summed E-state index contributed by atoms with van der Waals surface area (Å²) in [7, 11) is -2.88. The predicted octanol–water partition coefficient (Wildman–Crippen LogP) is 4.89. The summed E-state index contributed by atoms with van der Waals surface area (Å²) in [6.45, 7) is 3.71. The van der Waals surface area contributed by atoms with Crippen molar-refractivity contribution in [1.82, 2.24) is 9.97 Å². The number of aliphatic hydroxyl groups excluding tert-OH is 1. The smallest absolute Gasteiger partial charge is 0.442 e. The van der Waals surface area contributed by atoms with Crippen LogP contribution in [0.5, 0.6) is 0 Å². The molecule has 3 aromatic rings. The van der Waals surface area contributed by atoms with Gasteiger partial charge in [-0.3, -0.25) is 0 Å². The molecule has 1 saturated carbocycles. The molecule has 0 radical (unpaired) electrons. The van der Waals surface area contributed by atoms with Crippen LogP contribution in [0.3, 0.4) is 0 Å². The number of carbonyl (C=O) groups is 1. The molecule has 1 amide bonds. The van der Waals surface area contributed by atoms with E-state index in [1.54, 1.807) is 48.7 Å². The first-order valence-corrected chi connectivity index (χ1v) is 13.5. The van der Waals surface area contributed by atoms with E-state index in [1.165, 1.54) is 0 Å². The highest BCUT2D eigenvalue weighted by molar-refractivity contribution is 7.94. The Balaban J connectivity index is 1.58. The summed E-state index contributed by atoms with van der Waals surface area (Å²) in [5.41, 5.74) is 1.54. The van der Waals surface area contributed by atoms with E-state index in [4.69, 9.17) is 4.74 Å². The highest BCUT2D eigenvalue weighted by Crippen LogP contribution is 2.36. The fourth-order valence-electron chi connectivity index (χ4n) is 3.27. The summed E-state index contributed by atoms with van der Waals surface area (Å²) in [5.74, 6) is 0.989. The number of nitrogens with zero attached hydrogens (tertiary/aromatic N) is 3. The van der Waals surface area contributed by atoms with Gasteiger partial charge in [0.1, 0.15) is 5.82 Å². The molecule has 1 aliphatic rings. The first-order chi connectivity index (χ1) is 16.4. The number of nitrogens with one attached hydrogen (secondary N) is 2. The van der Waals surface area contributed by atoms with Crippen molar-refractivity contribution < 1.29 is 18.8 Å². The lowest BCUT2D eigenvalue weighted by Crippen LogP contribution is -2.21. The number of thiophene rings is 1. The molecule has 1 fully saturated rings. The number of benzene rings is 1. The number of aliphatic hydroxyl groups is 1. The standard InChI is InChI=1S/C23H27N5O4S2/c1-3-32-23(30)28-34(31,18-10-11-18)17-8-6-16(7-9-17)26-22-24-13-19(20-5-4-12-33-20)21(27-22)25-15(2)14-29/h4-9,12-13,15,18,29H,3,10-11,14H2,1-2H3,(H2,24,25,26,27)/t15-,34+/m1/s1. The van der Waals surface area contributed by atoms with Crippen LogP contribution in [0.4, 0.5) is 22.2 Å². The zero-order valence-corrected chi connectivity index (χ0v) is 20.6. The van der Waals surface area contributed by atoms with Crippen LogP contribution in [0.15, 0.2) is 57.2 Å². The molecule has 9 nitrogen and oxygen atoms in total. The van der Waals surface area contributed by atoms with Crippen molar-refractivity contribution in [2.45, 2.75) is 42.9 Å². The van der Waals surface area contributed by atoms with Crippen molar-refractivity contribution >= 4 is 44.6 Å². The van der Waals surface area contributed by atoms with Gasteiger partial charge in [0.2, 0.25) is 5.95 Å². The zero-order valence-electron chi connectivity index (χ0n) is 18.9. The van der Waals surface area contributed by atoms with Gasteiger partial charge in [0.05, 0.1) is 28.5 Å². The first-order valence-electron chi connectivity index (χ1n) is 11.0. The molecule has 0 spiro atoms. The molecule has 2 atom stereocenters. The molecule has 11 heteroatoms.